The number of amides is 1. The van der Waals surface area contributed by atoms with Crippen molar-refractivity contribution in [2.24, 2.45) is 0 Å². The van der Waals surface area contributed by atoms with E-state index in [1.807, 2.05) is 6.92 Å². The highest BCUT2D eigenvalue weighted by Crippen LogP contribution is 2.12. The summed E-state index contributed by atoms with van der Waals surface area (Å²) in [5.41, 5.74) is 0. The van der Waals surface area contributed by atoms with E-state index in [2.05, 4.69) is 39.6 Å². The van der Waals surface area contributed by atoms with Crippen molar-refractivity contribution in [2.45, 2.75) is 20.8 Å². The van der Waals surface area contributed by atoms with Gasteiger partial charge in [0.25, 0.3) is 0 Å². The van der Waals surface area contributed by atoms with Gasteiger partial charge in [0.05, 0.1) is 6.54 Å². The second-order valence-electron chi connectivity index (χ2n) is 3.88. The van der Waals surface area contributed by atoms with Crippen LogP contribution in [0.15, 0.2) is 0 Å². The number of aryl methyl sites for hydroxylation is 1. The largest absolute Gasteiger partial charge is 0.307 e. The zero-order valence-electron chi connectivity index (χ0n) is 11.2. The minimum atomic E-state index is -0.0781. The smallest absolute Gasteiger partial charge is 0.240 e. The van der Waals surface area contributed by atoms with E-state index in [4.69, 9.17) is 0 Å². The number of likely N-dealkylation sites (N-methyl/N-ethyl adjacent to an activating group) is 1. The average Bonchev–Trinajstić information content (AvgIpc) is 2.75. The van der Waals surface area contributed by atoms with E-state index in [1.54, 1.807) is 0 Å². The predicted molar refractivity (Wildman–Crippen MR) is 73.9 cm³/mol. The fourth-order valence-corrected chi connectivity index (χ4v) is 2.10. The lowest BCUT2D eigenvalue weighted by atomic mass is 10.4. The van der Waals surface area contributed by atoms with Gasteiger partial charge in [-0.05, 0) is 20.0 Å². The van der Waals surface area contributed by atoms with E-state index in [9.17, 15) is 4.79 Å². The Bertz CT molecular complexity index is 364. The molecule has 0 radical (unpaired) electrons. The molecular weight excluding hydrogens is 250 g/mol. The fraction of sp³-hybridized carbons (Fsp3) is 0.727. The Labute approximate surface area is 112 Å². The highest BCUT2D eigenvalue weighted by Gasteiger charge is 2.06. The fourth-order valence-electron chi connectivity index (χ4n) is 1.49. The molecule has 0 aliphatic heterocycles. The van der Waals surface area contributed by atoms with Crippen LogP contribution >= 0.6 is 11.3 Å². The third kappa shape index (κ3) is 5.52. The number of hydrogen-bond acceptors (Lipinski definition) is 6. The lowest BCUT2D eigenvalue weighted by Gasteiger charge is -2.17. The van der Waals surface area contributed by atoms with Gasteiger partial charge in [0, 0.05) is 13.1 Å². The van der Waals surface area contributed by atoms with Crippen molar-refractivity contribution in [1.82, 2.24) is 20.4 Å². The van der Waals surface area contributed by atoms with Gasteiger partial charge in [-0.15, -0.1) is 10.2 Å². The van der Waals surface area contributed by atoms with Gasteiger partial charge in [0.1, 0.15) is 5.01 Å². The van der Waals surface area contributed by atoms with Gasteiger partial charge in [0.2, 0.25) is 11.0 Å². The van der Waals surface area contributed by atoms with Gasteiger partial charge in [-0.3, -0.25) is 10.1 Å². The molecule has 0 aliphatic carbocycles. The quantitative estimate of drug-likeness (QED) is 0.682. The third-order valence-corrected chi connectivity index (χ3v) is 3.31. The van der Waals surface area contributed by atoms with Crippen molar-refractivity contribution in [3.63, 3.8) is 0 Å². The zero-order valence-corrected chi connectivity index (χ0v) is 12.0. The first-order chi connectivity index (χ1) is 8.65. The summed E-state index contributed by atoms with van der Waals surface area (Å²) in [6.07, 6.45) is 0. The number of rotatable bonds is 8. The second-order valence-corrected chi connectivity index (χ2v) is 5.06. The number of anilines is 1. The molecule has 0 bridgehead atoms. The number of carbonyl (C=O) groups is 1. The van der Waals surface area contributed by atoms with E-state index < -0.39 is 0 Å². The van der Waals surface area contributed by atoms with Crippen LogP contribution in [-0.4, -0.2) is 53.7 Å². The minimum Gasteiger partial charge on any atom is -0.307 e. The van der Waals surface area contributed by atoms with E-state index in [0.717, 1.165) is 31.2 Å². The maximum absolute atomic E-state index is 11.6. The van der Waals surface area contributed by atoms with Crippen molar-refractivity contribution in [3.8, 4) is 0 Å². The summed E-state index contributed by atoms with van der Waals surface area (Å²) in [7, 11) is 0. The van der Waals surface area contributed by atoms with Crippen LogP contribution in [0.5, 0.6) is 0 Å². The SMILES string of the molecule is CCN(CC)CCNCC(=O)Nc1nnc(C)s1. The Hall–Kier alpha value is -1.05. The molecule has 18 heavy (non-hydrogen) atoms. The van der Waals surface area contributed by atoms with Crippen LogP contribution in [-0.2, 0) is 4.79 Å². The summed E-state index contributed by atoms with van der Waals surface area (Å²) in [5, 5.41) is 14.9. The molecule has 1 heterocycles. The van der Waals surface area contributed by atoms with Crippen LogP contribution < -0.4 is 10.6 Å². The van der Waals surface area contributed by atoms with Gasteiger partial charge < -0.3 is 10.2 Å². The van der Waals surface area contributed by atoms with Crippen LogP contribution in [0.1, 0.15) is 18.9 Å². The Morgan fingerprint density at radius 1 is 1.33 bits per heavy atom. The van der Waals surface area contributed by atoms with Gasteiger partial charge >= 0.3 is 0 Å². The lowest BCUT2D eigenvalue weighted by Crippen LogP contribution is -2.35. The molecule has 1 aromatic rings. The number of nitrogens with zero attached hydrogens (tertiary/aromatic N) is 3. The molecule has 0 fully saturated rings. The standard InChI is InChI=1S/C11H21N5OS/c1-4-16(5-2)7-6-12-8-10(17)13-11-15-14-9(3)18-11/h12H,4-8H2,1-3H3,(H,13,15,17). The van der Waals surface area contributed by atoms with Crippen LogP contribution in [0.3, 0.4) is 0 Å². The van der Waals surface area contributed by atoms with E-state index in [1.165, 1.54) is 11.3 Å². The highest BCUT2D eigenvalue weighted by atomic mass is 32.1. The van der Waals surface area contributed by atoms with Gasteiger partial charge in [-0.25, -0.2) is 0 Å². The van der Waals surface area contributed by atoms with Crippen LogP contribution in [0, 0.1) is 6.92 Å². The summed E-state index contributed by atoms with van der Waals surface area (Å²) in [6, 6.07) is 0. The number of carbonyl (C=O) groups excluding carboxylic acids is 1. The maximum Gasteiger partial charge on any atom is 0.240 e. The normalized spacial score (nSPS) is 10.9. The van der Waals surface area contributed by atoms with Gasteiger partial charge in [0.15, 0.2) is 0 Å². The molecule has 0 saturated heterocycles. The second kappa shape index (κ2) is 8.12. The maximum atomic E-state index is 11.6. The van der Waals surface area contributed by atoms with Crippen molar-refractivity contribution >= 4 is 22.4 Å². The summed E-state index contributed by atoms with van der Waals surface area (Å²) in [6.45, 7) is 10.3. The molecule has 0 spiro atoms. The number of aromatic nitrogens is 2. The number of nitrogens with one attached hydrogen (secondary N) is 2. The first-order valence-corrected chi connectivity index (χ1v) is 7.00. The lowest BCUT2D eigenvalue weighted by molar-refractivity contribution is -0.115. The number of hydrogen-bond donors (Lipinski definition) is 2. The van der Waals surface area contributed by atoms with Crippen LogP contribution in [0.25, 0.3) is 0 Å². The molecule has 0 atom stereocenters. The van der Waals surface area contributed by atoms with Crippen LogP contribution in [0.2, 0.25) is 0 Å². The van der Waals surface area contributed by atoms with Crippen molar-refractivity contribution in [2.75, 3.05) is 38.0 Å². The zero-order chi connectivity index (χ0) is 13.4. The molecule has 1 aromatic heterocycles. The van der Waals surface area contributed by atoms with Gasteiger partial charge in [-0.2, -0.15) is 0 Å². The van der Waals surface area contributed by atoms with Gasteiger partial charge in [-0.1, -0.05) is 25.2 Å². The Kier molecular flexibility index (Phi) is 6.77. The monoisotopic (exact) mass is 271 g/mol. The molecule has 6 nitrogen and oxygen atoms in total. The molecule has 102 valence electrons. The Balaban J connectivity index is 2.14. The van der Waals surface area contributed by atoms with Crippen LogP contribution in [0.4, 0.5) is 5.13 Å². The Morgan fingerprint density at radius 2 is 2.06 bits per heavy atom. The topological polar surface area (TPSA) is 70.2 Å². The third-order valence-electron chi connectivity index (χ3n) is 2.56. The Morgan fingerprint density at radius 3 is 2.61 bits per heavy atom. The molecule has 7 heteroatoms. The summed E-state index contributed by atoms with van der Waals surface area (Å²) >= 11 is 1.38. The molecule has 0 aliphatic rings. The summed E-state index contributed by atoms with van der Waals surface area (Å²) in [5.74, 6) is -0.0781. The van der Waals surface area contributed by atoms with E-state index >= 15 is 0 Å². The first kappa shape index (κ1) is 15.0. The predicted octanol–water partition coefficient (Wildman–Crippen LogP) is 0.716. The summed E-state index contributed by atoms with van der Waals surface area (Å²) < 4.78 is 0. The molecule has 0 saturated carbocycles. The van der Waals surface area contributed by atoms with Crippen molar-refractivity contribution in [1.29, 1.82) is 0 Å². The van der Waals surface area contributed by atoms with Crippen molar-refractivity contribution in [3.05, 3.63) is 5.01 Å². The van der Waals surface area contributed by atoms with Crippen molar-refractivity contribution < 1.29 is 4.79 Å². The van der Waals surface area contributed by atoms with E-state index in [0.29, 0.717) is 11.7 Å². The van der Waals surface area contributed by atoms with E-state index in [-0.39, 0.29) is 5.91 Å². The average molecular weight is 271 g/mol. The minimum absolute atomic E-state index is 0.0781. The molecule has 1 amide bonds. The summed E-state index contributed by atoms with van der Waals surface area (Å²) in [4.78, 5) is 13.9. The first-order valence-electron chi connectivity index (χ1n) is 6.18. The molecular formula is C11H21N5OS. The highest BCUT2D eigenvalue weighted by molar-refractivity contribution is 7.15. The molecule has 1 rings (SSSR count). The molecule has 0 unspecified atom stereocenters. The molecule has 2 N–H and O–H groups in total. The molecule has 0 aromatic carbocycles.